The molecule has 1 unspecified atom stereocenters. The van der Waals surface area contributed by atoms with E-state index in [2.05, 4.69) is 5.32 Å². The SMILES string of the molecule is C/C=C(\CCO)NC(=O)CCCC(N)C(=O)O. The van der Waals surface area contributed by atoms with Gasteiger partial charge in [-0.05, 0) is 19.8 Å². The number of aliphatic carboxylic acids is 1. The number of carboxylic acid groups (broad SMARTS) is 1. The number of amides is 1. The van der Waals surface area contributed by atoms with E-state index < -0.39 is 12.0 Å². The van der Waals surface area contributed by atoms with Crippen LogP contribution in [0.25, 0.3) is 0 Å². The van der Waals surface area contributed by atoms with E-state index in [1.165, 1.54) is 0 Å². The summed E-state index contributed by atoms with van der Waals surface area (Å²) in [7, 11) is 0. The molecule has 98 valence electrons. The number of allylic oxidation sites excluding steroid dienone is 1. The summed E-state index contributed by atoms with van der Waals surface area (Å²) in [4.78, 5) is 21.8. The van der Waals surface area contributed by atoms with E-state index in [9.17, 15) is 9.59 Å². The molecule has 0 aliphatic rings. The van der Waals surface area contributed by atoms with Crippen LogP contribution in [0.15, 0.2) is 11.8 Å². The van der Waals surface area contributed by atoms with E-state index >= 15 is 0 Å². The van der Waals surface area contributed by atoms with Crippen molar-refractivity contribution in [2.45, 2.75) is 38.6 Å². The van der Waals surface area contributed by atoms with Crippen LogP contribution < -0.4 is 11.1 Å². The van der Waals surface area contributed by atoms with E-state index in [4.69, 9.17) is 15.9 Å². The molecule has 1 amide bonds. The highest BCUT2D eigenvalue weighted by molar-refractivity contribution is 5.78. The van der Waals surface area contributed by atoms with Gasteiger partial charge in [0.1, 0.15) is 6.04 Å². The summed E-state index contributed by atoms with van der Waals surface area (Å²) in [5.41, 5.74) is 5.97. The van der Waals surface area contributed by atoms with Crippen molar-refractivity contribution in [1.82, 2.24) is 5.32 Å². The summed E-state index contributed by atoms with van der Waals surface area (Å²) in [6.07, 6.45) is 3.04. The smallest absolute Gasteiger partial charge is 0.320 e. The van der Waals surface area contributed by atoms with E-state index in [1.54, 1.807) is 13.0 Å². The summed E-state index contributed by atoms with van der Waals surface area (Å²) in [6.45, 7) is 1.75. The van der Waals surface area contributed by atoms with Gasteiger partial charge in [0.2, 0.25) is 5.91 Å². The molecule has 0 radical (unpaired) electrons. The van der Waals surface area contributed by atoms with Gasteiger partial charge >= 0.3 is 5.97 Å². The minimum absolute atomic E-state index is 0.0240. The summed E-state index contributed by atoms with van der Waals surface area (Å²) in [5, 5.41) is 19.9. The number of hydrogen-bond donors (Lipinski definition) is 4. The molecule has 0 aromatic heterocycles. The molecular weight excluding hydrogens is 224 g/mol. The number of aliphatic hydroxyl groups is 1. The first-order chi connectivity index (χ1) is 8.01. The highest BCUT2D eigenvalue weighted by Crippen LogP contribution is 2.02. The number of nitrogens with one attached hydrogen (secondary N) is 1. The van der Waals surface area contributed by atoms with Crippen LogP contribution in [0.1, 0.15) is 32.6 Å². The van der Waals surface area contributed by atoms with Crippen molar-refractivity contribution in [1.29, 1.82) is 0 Å². The molecule has 17 heavy (non-hydrogen) atoms. The molecule has 0 bridgehead atoms. The zero-order chi connectivity index (χ0) is 13.3. The zero-order valence-electron chi connectivity index (χ0n) is 9.98. The summed E-state index contributed by atoms with van der Waals surface area (Å²) >= 11 is 0. The number of carbonyl (C=O) groups is 2. The van der Waals surface area contributed by atoms with E-state index in [1.807, 2.05) is 0 Å². The second-order valence-corrected chi connectivity index (χ2v) is 3.67. The summed E-state index contributed by atoms with van der Waals surface area (Å²) < 4.78 is 0. The van der Waals surface area contributed by atoms with Crippen LogP contribution >= 0.6 is 0 Å². The van der Waals surface area contributed by atoms with Gasteiger partial charge in [0, 0.05) is 25.1 Å². The predicted octanol–water partition coefficient (Wildman–Crippen LogP) is -0.0290. The van der Waals surface area contributed by atoms with Crippen LogP contribution in [0.2, 0.25) is 0 Å². The minimum Gasteiger partial charge on any atom is -0.480 e. The first kappa shape index (κ1) is 15.6. The van der Waals surface area contributed by atoms with Crippen molar-refractivity contribution >= 4 is 11.9 Å². The lowest BCUT2D eigenvalue weighted by molar-refractivity contribution is -0.138. The van der Waals surface area contributed by atoms with Gasteiger partial charge in [0.25, 0.3) is 0 Å². The highest BCUT2D eigenvalue weighted by Gasteiger charge is 2.12. The Balaban J connectivity index is 3.83. The summed E-state index contributed by atoms with van der Waals surface area (Å²) in [6, 6.07) is -0.915. The Labute approximate surface area is 101 Å². The molecule has 5 N–H and O–H groups in total. The van der Waals surface area contributed by atoms with Gasteiger partial charge in [-0.3, -0.25) is 9.59 Å². The average Bonchev–Trinajstić information content (AvgIpc) is 2.28. The number of rotatable bonds is 8. The second-order valence-electron chi connectivity index (χ2n) is 3.67. The normalized spacial score (nSPS) is 13.2. The van der Waals surface area contributed by atoms with Gasteiger partial charge < -0.3 is 21.3 Å². The fraction of sp³-hybridized carbons (Fsp3) is 0.636. The number of carboxylic acids is 1. The molecule has 0 aromatic carbocycles. The Hall–Kier alpha value is -1.40. The van der Waals surface area contributed by atoms with Crippen molar-refractivity contribution in [3.8, 4) is 0 Å². The monoisotopic (exact) mass is 244 g/mol. The van der Waals surface area contributed by atoms with Gasteiger partial charge in [-0.2, -0.15) is 0 Å². The Morgan fingerprint density at radius 2 is 2.06 bits per heavy atom. The molecule has 0 saturated carbocycles. The molecule has 0 saturated heterocycles. The lowest BCUT2D eigenvalue weighted by Crippen LogP contribution is -2.30. The van der Waals surface area contributed by atoms with E-state index in [0.717, 1.165) is 0 Å². The minimum atomic E-state index is -1.06. The Kier molecular flexibility index (Phi) is 8.00. The number of aliphatic hydroxyl groups excluding tert-OH is 1. The quantitative estimate of drug-likeness (QED) is 0.479. The van der Waals surface area contributed by atoms with Gasteiger partial charge in [0.05, 0.1) is 0 Å². The number of hydrogen-bond acceptors (Lipinski definition) is 4. The maximum Gasteiger partial charge on any atom is 0.320 e. The van der Waals surface area contributed by atoms with Crippen LogP contribution in [0.3, 0.4) is 0 Å². The Morgan fingerprint density at radius 1 is 1.41 bits per heavy atom. The standard InChI is InChI=1S/C11H20N2O4/c1-2-8(6-7-14)13-10(15)5-3-4-9(12)11(16)17/h2,9,14H,3-7,12H2,1H3,(H,13,15)(H,16,17)/b8-2+. The van der Waals surface area contributed by atoms with Gasteiger partial charge in [-0.15, -0.1) is 0 Å². The van der Waals surface area contributed by atoms with Crippen LogP contribution in [-0.2, 0) is 9.59 Å². The van der Waals surface area contributed by atoms with Crippen molar-refractivity contribution in [2.24, 2.45) is 5.73 Å². The topological polar surface area (TPSA) is 113 Å². The van der Waals surface area contributed by atoms with Gasteiger partial charge in [0.15, 0.2) is 0 Å². The van der Waals surface area contributed by atoms with Crippen molar-refractivity contribution in [3.05, 3.63) is 11.8 Å². The molecule has 1 atom stereocenters. The third-order valence-electron chi connectivity index (χ3n) is 2.27. The van der Waals surface area contributed by atoms with Gasteiger partial charge in [-0.1, -0.05) is 6.08 Å². The molecular formula is C11H20N2O4. The molecule has 0 fully saturated rings. The first-order valence-corrected chi connectivity index (χ1v) is 5.55. The average molecular weight is 244 g/mol. The van der Waals surface area contributed by atoms with Crippen molar-refractivity contribution < 1.29 is 19.8 Å². The van der Waals surface area contributed by atoms with Crippen molar-refractivity contribution in [2.75, 3.05) is 6.61 Å². The lowest BCUT2D eigenvalue weighted by Gasteiger charge is -2.09. The van der Waals surface area contributed by atoms with Crippen LogP contribution in [0.5, 0.6) is 0 Å². The van der Waals surface area contributed by atoms with E-state index in [0.29, 0.717) is 18.5 Å². The van der Waals surface area contributed by atoms with Crippen LogP contribution in [-0.4, -0.2) is 34.7 Å². The largest absolute Gasteiger partial charge is 0.480 e. The molecule has 0 rings (SSSR count). The molecule has 0 aliphatic heterocycles. The van der Waals surface area contributed by atoms with Gasteiger partial charge in [-0.25, -0.2) is 0 Å². The Morgan fingerprint density at radius 3 is 2.53 bits per heavy atom. The molecule has 0 aliphatic carbocycles. The highest BCUT2D eigenvalue weighted by atomic mass is 16.4. The number of nitrogens with two attached hydrogens (primary N) is 1. The molecule has 6 heteroatoms. The molecule has 0 heterocycles. The zero-order valence-corrected chi connectivity index (χ0v) is 9.98. The molecule has 0 aromatic rings. The maximum atomic E-state index is 11.4. The van der Waals surface area contributed by atoms with Crippen LogP contribution in [0.4, 0.5) is 0 Å². The lowest BCUT2D eigenvalue weighted by atomic mass is 10.1. The third kappa shape index (κ3) is 7.48. The maximum absolute atomic E-state index is 11.4. The van der Waals surface area contributed by atoms with Crippen molar-refractivity contribution in [3.63, 3.8) is 0 Å². The second kappa shape index (κ2) is 8.72. The fourth-order valence-electron chi connectivity index (χ4n) is 1.25. The Bertz CT molecular complexity index is 289. The number of carbonyl (C=O) groups excluding carboxylic acids is 1. The summed E-state index contributed by atoms with van der Waals surface area (Å²) in [5.74, 6) is -1.25. The first-order valence-electron chi connectivity index (χ1n) is 5.55. The predicted molar refractivity (Wildman–Crippen MR) is 63.1 cm³/mol. The molecule has 0 spiro atoms. The van der Waals surface area contributed by atoms with E-state index in [-0.39, 0.29) is 25.4 Å². The van der Waals surface area contributed by atoms with Crippen LogP contribution in [0, 0.1) is 0 Å². The fourth-order valence-corrected chi connectivity index (χ4v) is 1.25. The third-order valence-corrected chi connectivity index (χ3v) is 2.27. The molecule has 6 nitrogen and oxygen atoms in total.